The smallest absolute Gasteiger partial charge is 0.377 e. The zero-order valence-electron chi connectivity index (χ0n) is 12.7. The van der Waals surface area contributed by atoms with E-state index in [-0.39, 0.29) is 0 Å². The molecule has 0 aliphatic rings. The van der Waals surface area contributed by atoms with Crippen LogP contribution in [0, 0.1) is 23.7 Å². The average molecular weight is 262 g/mol. The normalized spacial score (nSPS) is 15.0. The minimum Gasteiger partial charge on any atom is -0.377 e. The minimum absolute atomic E-state index is 0.543. The Morgan fingerprint density at radius 3 is 1.35 bits per heavy atom. The van der Waals surface area contributed by atoms with Gasteiger partial charge in [0.2, 0.25) is 0 Å². The van der Waals surface area contributed by atoms with Crippen molar-refractivity contribution in [2.75, 3.05) is 21.3 Å². The van der Waals surface area contributed by atoms with Gasteiger partial charge in [-0.1, -0.05) is 34.6 Å². The van der Waals surface area contributed by atoms with Crippen molar-refractivity contribution in [3.63, 3.8) is 0 Å². The van der Waals surface area contributed by atoms with Crippen LogP contribution in [0.25, 0.3) is 0 Å². The lowest BCUT2D eigenvalue weighted by molar-refractivity contribution is 0.106. The van der Waals surface area contributed by atoms with Crippen LogP contribution in [0.5, 0.6) is 0 Å². The van der Waals surface area contributed by atoms with E-state index in [1.54, 1.807) is 21.3 Å². The maximum atomic E-state index is 5.51. The summed E-state index contributed by atoms with van der Waals surface area (Å²) in [7, 11) is 2.62. The third-order valence-corrected chi connectivity index (χ3v) is 6.71. The standard InChI is InChI=1S/C13H30O3Si/c1-10(2)13(11(3)4)12(5)9-17(14-6,15-7)16-8/h10-13H,9H2,1-8H3. The summed E-state index contributed by atoms with van der Waals surface area (Å²) in [6, 6.07) is 0.886. The lowest BCUT2D eigenvalue weighted by Gasteiger charge is -2.35. The molecule has 0 amide bonds. The Bertz CT molecular complexity index is 187. The Kier molecular flexibility index (Phi) is 7.56. The molecule has 0 N–H and O–H groups in total. The van der Waals surface area contributed by atoms with Crippen LogP contribution in [-0.2, 0) is 13.3 Å². The van der Waals surface area contributed by atoms with E-state index in [9.17, 15) is 0 Å². The molecule has 3 nitrogen and oxygen atoms in total. The Balaban J connectivity index is 4.73. The van der Waals surface area contributed by atoms with Gasteiger partial charge in [0, 0.05) is 27.4 Å². The maximum Gasteiger partial charge on any atom is 0.500 e. The van der Waals surface area contributed by atoms with Gasteiger partial charge in [0.1, 0.15) is 0 Å². The first kappa shape index (κ1) is 17.1. The largest absolute Gasteiger partial charge is 0.500 e. The summed E-state index contributed by atoms with van der Waals surface area (Å²) in [5, 5.41) is 0. The highest BCUT2D eigenvalue weighted by Gasteiger charge is 2.42. The van der Waals surface area contributed by atoms with Crippen LogP contribution in [0.4, 0.5) is 0 Å². The molecule has 0 fully saturated rings. The lowest BCUT2D eigenvalue weighted by Crippen LogP contribution is -2.45. The molecule has 0 aliphatic heterocycles. The molecule has 0 bridgehead atoms. The van der Waals surface area contributed by atoms with Crippen molar-refractivity contribution in [3.8, 4) is 0 Å². The van der Waals surface area contributed by atoms with Gasteiger partial charge < -0.3 is 13.3 Å². The Hall–Kier alpha value is 0.0969. The van der Waals surface area contributed by atoms with Crippen LogP contribution >= 0.6 is 0 Å². The van der Waals surface area contributed by atoms with Crippen LogP contribution in [0.15, 0.2) is 0 Å². The van der Waals surface area contributed by atoms with Gasteiger partial charge in [-0.2, -0.15) is 0 Å². The highest BCUT2D eigenvalue weighted by Crippen LogP contribution is 2.34. The van der Waals surface area contributed by atoms with E-state index in [0.29, 0.717) is 23.7 Å². The Labute approximate surface area is 108 Å². The summed E-state index contributed by atoms with van der Waals surface area (Å²) in [5.74, 6) is 2.55. The molecule has 0 saturated heterocycles. The third-order valence-electron chi connectivity index (χ3n) is 3.70. The molecular weight excluding hydrogens is 232 g/mol. The van der Waals surface area contributed by atoms with Crippen LogP contribution in [0.2, 0.25) is 6.04 Å². The van der Waals surface area contributed by atoms with Crippen LogP contribution < -0.4 is 0 Å². The number of rotatable bonds is 8. The van der Waals surface area contributed by atoms with Gasteiger partial charge in [-0.3, -0.25) is 0 Å². The van der Waals surface area contributed by atoms with Crippen molar-refractivity contribution in [1.82, 2.24) is 0 Å². The zero-order valence-corrected chi connectivity index (χ0v) is 13.7. The molecule has 0 aliphatic carbocycles. The van der Waals surface area contributed by atoms with Crippen molar-refractivity contribution in [2.45, 2.75) is 40.7 Å². The fourth-order valence-electron chi connectivity index (χ4n) is 3.11. The van der Waals surface area contributed by atoms with Crippen LogP contribution in [0.1, 0.15) is 34.6 Å². The van der Waals surface area contributed by atoms with Gasteiger partial charge in [0.05, 0.1) is 0 Å². The zero-order chi connectivity index (χ0) is 13.6. The summed E-state index contributed by atoms with van der Waals surface area (Å²) >= 11 is 0. The summed E-state index contributed by atoms with van der Waals surface area (Å²) in [4.78, 5) is 0. The second kappa shape index (κ2) is 7.51. The fraction of sp³-hybridized carbons (Fsp3) is 1.00. The summed E-state index contributed by atoms with van der Waals surface area (Å²) in [6.45, 7) is 11.4. The van der Waals surface area contributed by atoms with E-state index in [2.05, 4.69) is 34.6 Å². The van der Waals surface area contributed by atoms with Crippen molar-refractivity contribution < 1.29 is 13.3 Å². The van der Waals surface area contributed by atoms with Crippen molar-refractivity contribution in [1.29, 1.82) is 0 Å². The monoisotopic (exact) mass is 262 g/mol. The maximum absolute atomic E-state index is 5.51. The van der Waals surface area contributed by atoms with Gasteiger partial charge in [-0.15, -0.1) is 0 Å². The highest BCUT2D eigenvalue weighted by atomic mass is 28.4. The summed E-state index contributed by atoms with van der Waals surface area (Å²) in [6.07, 6.45) is 0. The van der Waals surface area contributed by atoms with E-state index in [4.69, 9.17) is 13.3 Å². The topological polar surface area (TPSA) is 27.7 Å². The lowest BCUT2D eigenvalue weighted by atomic mass is 9.77. The molecule has 0 radical (unpaired) electrons. The molecule has 0 rings (SSSR count). The van der Waals surface area contributed by atoms with Gasteiger partial charge in [0.15, 0.2) is 0 Å². The summed E-state index contributed by atoms with van der Waals surface area (Å²) in [5.41, 5.74) is 0. The molecular formula is C13H30O3Si. The Morgan fingerprint density at radius 1 is 0.765 bits per heavy atom. The second-order valence-electron chi connectivity index (χ2n) is 5.54. The van der Waals surface area contributed by atoms with Crippen molar-refractivity contribution in [3.05, 3.63) is 0 Å². The second-order valence-corrected chi connectivity index (χ2v) is 8.54. The van der Waals surface area contributed by atoms with Gasteiger partial charge in [-0.05, 0) is 23.7 Å². The first-order valence-corrected chi connectivity index (χ1v) is 8.42. The molecule has 1 atom stereocenters. The summed E-state index contributed by atoms with van der Waals surface area (Å²) < 4.78 is 16.5. The number of hydrogen-bond donors (Lipinski definition) is 0. The van der Waals surface area contributed by atoms with E-state index in [0.717, 1.165) is 6.04 Å². The third kappa shape index (κ3) is 4.70. The molecule has 1 unspecified atom stereocenters. The first-order valence-electron chi connectivity index (χ1n) is 6.49. The van der Waals surface area contributed by atoms with Crippen LogP contribution in [-0.4, -0.2) is 30.1 Å². The molecule has 0 aromatic carbocycles. The van der Waals surface area contributed by atoms with E-state index in [1.807, 2.05) is 0 Å². The predicted octanol–water partition coefficient (Wildman–Crippen LogP) is 3.43. The van der Waals surface area contributed by atoms with E-state index >= 15 is 0 Å². The molecule has 17 heavy (non-hydrogen) atoms. The van der Waals surface area contributed by atoms with E-state index in [1.165, 1.54) is 0 Å². The quantitative estimate of drug-likeness (QED) is 0.627. The molecule has 0 spiro atoms. The SMILES string of the molecule is CO[Si](CC(C)C(C(C)C)C(C)C)(OC)OC. The number of hydrogen-bond acceptors (Lipinski definition) is 3. The van der Waals surface area contributed by atoms with Gasteiger partial charge in [-0.25, -0.2) is 0 Å². The molecule has 0 aromatic rings. The fourth-order valence-corrected chi connectivity index (χ4v) is 5.18. The first-order chi connectivity index (χ1) is 7.83. The average Bonchev–Trinajstić information content (AvgIpc) is 2.25. The highest BCUT2D eigenvalue weighted by molar-refractivity contribution is 6.60. The van der Waals surface area contributed by atoms with Crippen molar-refractivity contribution in [2.24, 2.45) is 23.7 Å². The van der Waals surface area contributed by atoms with Gasteiger partial charge >= 0.3 is 8.80 Å². The van der Waals surface area contributed by atoms with Crippen molar-refractivity contribution >= 4 is 8.80 Å². The van der Waals surface area contributed by atoms with E-state index < -0.39 is 8.80 Å². The molecule has 4 heteroatoms. The predicted molar refractivity (Wildman–Crippen MR) is 73.9 cm³/mol. The molecule has 104 valence electrons. The van der Waals surface area contributed by atoms with Crippen LogP contribution in [0.3, 0.4) is 0 Å². The van der Waals surface area contributed by atoms with Gasteiger partial charge in [0.25, 0.3) is 0 Å². The molecule has 0 heterocycles. The molecule has 0 saturated carbocycles. The minimum atomic E-state index is -2.43. The Morgan fingerprint density at radius 2 is 1.12 bits per heavy atom. The molecule has 0 aromatic heterocycles.